The van der Waals surface area contributed by atoms with Gasteiger partial charge >= 0.3 is 0 Å². The summed E-state index contributed by atoms with van der Waals surface area (Å²) in [4.78, 5) is 0.0265. The SMILES string of the molecule is N#Cc1c(Br)cccc1S(=O)(=O)NC1CCCCNC1. The lowest BCUT2D eigenvalue weighted by atomic mass is 10.2. The van der Waals surface area contributed by atoms with Gasteiger partial charge in [0.25, 0.3) is 0 Å². The predicted molar refractivity (Wildman–Crippen MR) is 79.7 cm³/mol. The molecule has 1 fully saturated rings. The molecule has 1 aliphatic heterocycles. The van der Waals surface area contributed by atoms with Gasteiger partial charge in [0.05, 0.1) is 5.56 Å². The number of sulfonamides is 1. The third kappa shape index (κ3) is 3.58. The fourth-order valence-electron chi connectivity index (χ4n) is 2.24. The molecule has 20 heavy (non-hydrogen) atoms. The average molecular weight is 358 g/mol. The number of nitrogens with one attached hydrogen (secondary N) is 2. The lowest BCUT2D eigenvalue weighted by Gasteiger charge is -2.17. The Bertz CT molecular complexity index is 617. The molecule has 1 heterocycles. The molecule has 1 aromatic rings. The third-order valence-electron chi connectivity index (χ3n) is 3.25. The Morgan fingerprint density at radius 2 is 2.20 bits per heavy atom. The molecule has 0 bridgehead atoms. The standard InChI is InChI=1S/C13H16BrN3O2S/c14-12-5-3-6-13(11(12)8-15)20(18,19)17-10-4-1-2-7-16-9-10/h3,5-6,10,16-17H,1-2,4,7,9H2. The fourth-order valence-corrected chi connectivity index (χ4v) is 4.27. The largest absolute Gasteiger partial charge is 0.315 e. The van der Waals surface area contributed by atoms with Crippen LogP contribution in [0.15, 0.2) is 27.6 Å². The first-order valence-corrected chi connectivity index (χ1v) is 8.74. The van der Waals surface area contributed by atoms with Gasteiger partial charge in [-0.15, -0.1) is 0 Å². The van der Waals surface area contributed by atoms with Crippen molar-refractivity contribution in [2.24, 2.45) is 0 Å². The van der Waals surface area contributed by atoms with Crippen LogP contribution in [-0.4, -0.2) is 27.5 Å². The van der Waals surface area contributed by atoms with Crippen LogP contribution in [0.2, 0.25) is 0 Å². The van der Waals surface area contributed by atoms with Crippen LogP contribution in [0.25, 0.3) is 0 Å². The van der Waals surface area contributed by atoms with Gasteiger partial charge in [-0.25, -0.2) is 13.1 Å². The van der Waals surface area contributed by atoms with Crippen molar-refractivity contribution in [3.05, 3.63) is 28.2 Å². The van der Waals surface area contributed by atoms with E-state index in [2.05, 4.69) is 26.0 Å². The summed E-state index contributed by atoms with van der Waals surface area (Å²) in [5.74, 6) is 0. The molecule has 0 aliphatic carbocycles. The summed E-state index contributed by atoms with van der Waals surface area (Å²) in [5.41, 5.74) is 0.140. The second kappa shape index (κ2) is 6.68. The van der Waals surface area contributed by atoms with Crippen LogP contribution in [0.5, 0.6) is 0 Å². The first kappa shape index (κ1) is 15.4. The Kier molecular flexibility index (Phi) is 5.16. The average Bonchev–Trinajstić information content (AvgIpc) is 2.66. The van der Waals surface area contributed by atoms with Gasteiger partial charge in [0, 0.05) is 17.1 Å². The highest BCUT2D eigenvalue weighted by Gasteiger charge is 2.24. The van der Waals surface area contributed by atoms with E-state index in [0.29, 0.717) is 11.0 Å². The van der Waals surface area contributed by atoms with Crippen LogP contribution in [0.1, 0.15) is 24.8 Å². The van der Waals surface area contributed by atoms with E-state index in [-0.39, 0.29) is 16.5 Å². The molecule has 0 saturated carbocycles. The van der Waals surface area contributed by atoms with E-state index >= 15 is 0 Å². The molecule has 0 amide bonds. The minimum Gasteiger partial charge on any atom is -0.315 e. The molecule has 0 spiro atoms. The number of nitrogens with zero attached hydrogens (tertiary/aromatic N) is 1. The molecule has 0 radical (unpaired) electrons. The maximum Gasteiger partial charge on any atom is 0.242 e. The number of halogens is 1. The van der Waals surface area contributed by atoms with Crippen LogP contribution in [0, 0.1) is 11.3 Å². The van der Waals surface area contributed by atoms with E-state index in [1.54, 1.807) is 12.1 Å². The Labute approximate surface area is 127 Å². The van der Waals surface area contributed by atoms with Gasteiger partial charge in [-0.3, -0.25) is 0 Å². The van der Waals surface area contributed by atoms with Crippen molar-refractivity contribution < 1.29 is 8.42 Å². The second-order valence-corrected chi connectivity index (χ2v) is 7.28. The lowest BCUT2D eigenvalue weighted by Crippen LogP contribution is -2.41. The third-order valence-corrected chi connectivity index (χ3v) is 5.47. The van der Waals surface area contributed by atoms with E-state index in [1.165, 1.54) is 6.07 Å². The molecule has 0 aromatic heterocycles. The Balaban J connectivity index is 2.27. The second-order valence-electron chi connectivity index (χ2n) is 4.74. The van der Waals surface area contributed by atoms with E-state index in [4.69, 9.17) is 5.26 Å². The highest BCUT2D eigenvalue weighted by molar-refractivity contribution is 9.10. The number of benzene rings is 1. The summed E-state index contributed by atoms with van der Waals surface area (Å²) in [7, 11) is -3.68. The normalized spacial score (nSPS) is 20.1. The summed E-state index contributed by atoms with van der Waals surface area (Å²) in [6.07, 6.45) is 2.85. The summed E-state index contributed by atoms with van der Waals surface area (Å²) in [6, 6.07) is 6.53. The van der Waals surface area contributed by atoms with E-state index in [9.17, 15) is 8.42 Å². The zero-order chi connectivity index (χ0) is 14.6. The molecule has 1 saturated heterocycles. The Hall–Kier alpha value is -0.940. The number of hydrogen-bond donors (Lipinski definition) is 2. The van der Waals surface area contributed by atoms with Crippen molar-refractivity contribution in [2.45, 2.75) is 30.2 Å². The van der Waals surface area contributed by atoms with Crippen molar-refractivity contribution in [3.63, 3.8) is 0 Å². The van der Waals surface area contributed by atoms with Crippen LogP contribution in [-0.2, 0) is 10.0 Å². The molecule has 1 atom stereocenters. The molecule has 1 aromatic carbocycles. The van der Waals surface area contributed by atoms with Crippen molar-refractivity contribution in [1.29, 1.82) is 5.26 Å². The summed E-state index contributed by atoms with van der Waals surface area (Å²) in [5, 5.41) is 12.3. The first-order valence-electron chi connectivity index (χ1n) is 6.46. The highest BCUT2D eigenvalue weighted by atomic mass is 79.9. The zero-order valence-corrected chi connectivity index (χ0v) is 13.3. The van der Waals surface area contributed by atoms with Gasteiger partial charge in [-0.1, -0.05) is 12.5 Å². The topological polar surface area (TPSA) is 82.0 Å². The molecular weight excluding hydrogens is 342 g/mol. The molecule has 1 aliphatic rings. The maximum atomic E-state index is 12.4. The fraction of sp³-hybridized carbons (Fsp3) is 0.462. The highest BCUT2D eigenvalue weighted by Crippen LogP contribution is 2.23. The van der Waals surface area contributed by atoms with E-state index in [0.717, 1.165) is 25.8 Å². The van der Waals surface area contributed by atoms with Crippen LogP contribution in [0.3, 0.4) is 0 Å². The van der Waals surface area contributed by atoms with Crippen LogP contribution < -0.4 is 10.0 Å². The molecular formula is C13H16BrN3O2S. The summed E-state index contributed by atoms with van der Waals surface area (Å²) >= 11 is 3.21. The first-order chi connectivity index (χ1) is 9.54. The van der Waals surface area contributed by atoms with Crippen molar-refractivity contribution in [3.8, 4) is 6.07 Å². The predicted octanol–water partition coefficient (Wildman–Crippen LogP) is 1.74. The summed E-state index contributed by atoms with van der Waals surface area (Å²) < 4.78 is 28.0. The van der Waals surface area contributed by atoms with Crippen LogP contribution >= 0.6 is 15.9 Å². The number of rotatable bonds is 3. The van der Waals surface area contributed by atoms with Crippen LogP contribution in [0.4, 0.5) is 0 Å². The monoisotopic (exact) mass is 357 g/mol. The molecule has 2 rings (SSSR count). The minimum atomic E-state index is -3.68. The van der Waals surface area contributed by atoms with Gasteiger partial charge in [0.15, 0.2) is 0 Å². The molecule has 108 valence electrons. The van der Waals surface area contributed by atoms with Gasteiger partial charge < -0.3 is 5.32 Å². The lowest BCUT2D eigenvalue weighted by molar-refractivity contribution is 0.521. The molecule has 7 heteroatoms. The van der Waals surface area contributed by atoms with Crippen molar-refractivity contribution in [1.82, 2.24) is 10.0 Å². The Morgan fingerprint density at radius 1 is 1.40 bits per heavy atom. The number of nitriles is 1. The maximum absolute atomic E-state index is 12.4. The smallest absolute Gasteiger partial charge is 0.242 e. The van der Waals surface area contributed by atoms with Gasteiger partial charge in [-0.05, 0) is 47.4 Å². The van der Waals surface area contributed by atoms with Gasteiger partial charge in [0.2, 0.25) is 10.0 Å². The van der Waals surface area contributed by atoms with Gasteiger partial charge in [0.1, 0.15) is 11.0 Å². The molecule has 1 unspecified atom stereocenters. The van der Waals surface area contributed by atoms with E-state index in [1.807, 2.05) is 6.07 Å². The minimum absolute atomic E-state index is 0.0265. The van der Waals surface area contributed by atoms with Gasteiger partial charge in [-0.2, -0.15) is 5.26 Å². The van der Waals surface area contributed by atoms with E-state index < -0.39 is 10.0 Å². The molecule has 2 N–H and O–H groups in total. The quantitative estimate of drug-likeness (QED) is 0.862. The zero-order valence-electron chi connectivity index (χ0n) is 10.9. The number of hydrogen-bond acceptors (Lipinski definition) is 4. The molecule has 5 nitrogen and oxygen atoms in total. The summed E-state index contributed by atoms with van der Waals surface area (Å²) in [6.45, 7) is 1.54. The van der Waals surface area contributed by atoms with Crippen molar-refractivity contribution >= 4 is 26.0 Å². The Morgan fingerprint density at radius 3 is 2.95 bits per heavy atom. The van der Waals surface area contributed by atoms with Crippen molar-refractivity contribution in [2.75, 3.05) is 13.1 Å².